The number of hydrogen-bond donors (Lipinski definition) is 1. The molecule has 1 N–H and O–H groups in total. The molecule has 0 spiro atoms. The molecule has 1 amide bonds. The molecule has 30 heavy (non-hydrogen) atoms. The Balaban J connectivity index is 1.49. The second-order valence-electron chi connectivity index (χ2n) is 6.84. The summed E-state index contributed by atoms with van der Waals surface area (Å²) in [5.74, 6) is -0.600. The van der Waals surface area contributed by atoms with Crippen LogP contribution in [0.15, 0.2) is 42.5 Å². The minimum absolute atomic E-state index is 0.0103. The van der Waals surface area contributed by atoms with Crippen LogP contribution in [0.25, 0.3) is 0 Å². The van der Waals surface area contributed by atoms with Gasteiger partial charge in [0.2, 0.25) is 11.8 Å². The molecule has 10 heteroatoms. The molecule has 0 unspecified atom stereocenters. The molecule has 5 nitrogen and oxygen atoms in total. The third-order valence-corrected chi connectivity index (χ3v) is 4.69. The van der Waals surface area contributed by atoms with Crippen LogP contribution < -0.4 is 14.8 Å². The number of benzene rings is 1. The minimum Gasteiger partial charge on any atom is -0.474 e. The van der Waals surface area contributed by atoms with E-state index in [1.807, 2.05) is 0 Å². The van der Waals surface area contributed by atoms with Gasteiger partial charge in [-0.1, -0.05) is 6.07 Å². The van der Waals surface area contributed by atoms with E-state index in [4.69, 9.17) is 4.74 Å². The number of hydrogen-bond acceptors (Lipinski definition) is 4. The van der Waals surface area contributed by atoms with Gasteiger partial charge in [0.15, 0.2) is 0 Å². The van der Waals surface area contributed by atoms with E-state index in [1.54, 1.807) is 0 Å². The Kier molecular flexibility index (Phi) is 6.73. The number of anilines is 1. The lowest BCUT2D eigenvalue weighted by atomic mass is 9.86. The van der Waals surface area contributed by atoms with Crippen molar-refractivity contribution in [3.63, 3.8) is 0 Å². The fourth-order valence-corrected chi connectivity index (χ4v) is 3.22. The lowest BCUT2D eigenvalue weighted by Crippen LogP contribution is -2.31. The highest BCUT2D eigenvalue weighted by atomic mass is 19.4. The quantitative estimate of drug-likeness (QED) is 0.634. The molecule has 0 atom stereocenters. The van der Waals surface area contributed by atoms with Crippen molar-refractivity contribution in [1.29, 1.82) is 0 Å². The summed E-state index contributed by atoms with van der Waals surface area (Å²) in [6.07, 6.45) is -2.87. The first-order chi connectivity index (χ1) is 14.2. The van der Waals surface area contributed by atoms with Crippen molar-refractivity contribution in [2.45, 2.75) is 44.6 Å². The number of pyridine rings is 1. The van der Waals surface area contributed by atoms with Crippen LogP contribution >= 0.6 is 0 Å². The average Bonchev–Trinajstić information content (AvgIpc) is 2.69. The van der Waals surface area contributed by atoms with Crippen molar-refractivity contribution in [3.05, 3.63) is 48.2 Å². The maximum Gasteiger partial charge on any atom is 0.433 e. The number of carbonyl (C=O) groups excluding carboxylic acids is 1. The van der Waals surface area contributed by atoms with Gasteiger partial charge in [0.05, 0.1) is 0 Å². The average molecular weight is 430 g/mol. The van der Waals surface area contributed by atoms with Crippen LogP contribution in [0.2, 0.25) is 0 Å². The molecule has 0 radical (unpaired) electrons. The Bertz CT molecular complexity index is 850. The highest BCUT2D eigenvalue weighted by molar-refractivity contribution is 5.92. The van der Waals surface area contributed by atoms with Crippen molar-refractivity contribution in [2.75, 3.05) is 5.32 Å². The van der Waals surface area contributed by atoms with Crippen molar-refractivity contribution in [1.82, 2.24) is 4.98 Å². The molecule has 1 aliphatic rings. The molecule has 3 rings (SSSR count). The van der Waals surface area contributed by atoms with Gasteiger partial charge >= 0.3 is 12.8 Å². The molecule has 0 saturated heterocycles. The van der Waals surface area contributed by atoms with Gasteiger partial charge in [-0.05, 0) is 56.0 Å². The minimum atomic E-state index is -4.54. The Labute approximate surface area is 169 Å². The summed E-state index contributed by atoms with van der Waals surface area (Å²) in [7, 11) is 0. The predicted octanol–water partition coefficient (Wildman–Crippen LogP) is 5.28. The van der Waals surface area contributed by atoms with E-state index in [0.29, 0.717) is 31.4 Å². The van der Waals surface area contributed by atoms with Gasteiger partial charge in [0.25, 0.3) is 0 Å². The van der Waals surface area contributed by atoms with E-state index in [1.165, 1.54) is 36.4 Å². The summed E-state index contributed by atoms with van der Waals surface area (Å²) in [4.78, 5) is 15.9. The lowest BCUT2D eigenvalue weighted by molar-refractivity contribution is -0.141. The van der Waals surface area contributed by atoms with Gasteiger partial charge in [0, 0.05) is 17.7 Å². The Morgan fingerprint density at radius 2 is 1.70 bits per heavy atom. The maximum absolute atomic E-state index is 12.7. The van der Waals surface area contributed by atoms with Crippen LogP contribution in [0.5, 0.6) is 11.6 Å². The molecule has 1 heterocycles. The van der Waals surface area contributed by atoms with Crippen molar-refractivity contribution < 1.29 is 36.2 Å². The summed E-state index contributed by atoms with van der Waals surface area (Å²) in [5, 5.41) is 2.72. The third kappa shape index (κ3) is 6.04. The van der Waals surface area contributed by atoms with Gasteiger partial charge < -0.3 is 14.8 Å². The molecule has 162 valence electrons. The number of halogens is 5. The molecule has 0 bridgehead atoms. The summed E-state index contributed by atoms with van der Waals surface area (Å²) in [6.45, 7) is -2.92. The molecule has 2 aromatic rings. The molecule has 1 fully saturated rings. The van der Waals surface area contributed by atoms with Crippen LogP contribution in [0.1, 0.15) is 31.4 Å². The summed E-state index contributed by atoms with van der Waals surface area (Å²) >= 11 is 0. The normalized spacial score (nSPS) is 19.4. The van der Waals surface area contributed by atoms with Crippen LogP contribution in [-0.4, -0.2) is 23.6 Å². The number of amides is 1. The number of ether oxygens (including phenoxy) is 2. The largest absolute Gasteiger partial charge is 0.474 e. The standard InChI is InChI=1S/C20H19F5N2O3/c21-19(22)30-15-10-6-13(7-11-15)26-18(28)12-4-8-14(9-5-12)29-17-3-1-2-16(27-17)20(23,24)25/h1-3,6-7,10-12,14,19H,4-5,8-9H2,(H,26,28)/t12-,14+. The zero-order valence-corrected chi connectivity index (χ0v) is 15.7. The highest BCUT2D eigenvalue weighted by Gasteiger charge is 2.33. The number of rotatable bonds is 6. The Hall–Kier alpha value is -2.91. The fraction of sp³-hybridized carbons (Fsp3) is 0.400. The summed E-state index contributed by atoms with van der Waals surface area (Å²) in [6, 6.07) is 9.06. The summed E-state index contributed by atoms with van der Waals surface area (Å²) < 4.78 is 72.4. The van der Waals surface area contributed by atoms with Crippen LogP contribution in [0, 0.1) is 5.92 Å². The van der Waals surface area contributed by atoms with Crippen LogP contribution in [0.4, 0.5) is 27.6 Å². The zero-order valence-electron chi connectivity index (χ0n) is 15.7. The van der Waals surface area contributed by atoms with E-state index in [2.05, 4.69) is 15.0 Å². The first kappa shape index (κ1) is 21.8. The van der Waals surface area contributed by atoms with Crippen LogP contribution in [-0.2, 0) is 11.0 Å². The molecule has 0 aliphatic heterocycles. The second kappa shape index (κ2) is 9.27. The number of aromatic nitrogens is 1. The number of nitrogens with zero attached hydrogens (tertiary/aromatic N) is 1. The van der Waals surface area contributed by atoms with E-state index in [9.17, 15) is 26.7 Å². The van der Waals surface area contributed by atoms with E-state index < -0.39 is 18.5 Å². The van der Waals surface area contributed by atoms with Crippen molar-refractivity contribution >= 4 is 11.6 Å². The number of alkyl halides is 5. The third-order valence-electron chi connectivity index (χ3n) is 4.69. The molecule has 1 aromatic heterocycles. The first-order valence-electron chi connectivity index (χ1n) is 9.27. The van der Waals surface area contributed by atoms with E-state index in [-0.39, 0.29) is 29.6 Å². The van der Waals surface area contributed by atoms with Crippen LogP contribution in [0.3, 0.4) is 0 Å². The Morgan fingerprint density at radius 1 is 1.03 bits per heavy atom. The maximum atomic E-state index is 12.7. The fourth-order valence-electron chi connectivity index (χ4n) is 3.22. The van der Waals surface area contributed by atoms with Crippen molar-refractivity contribution in [3.8, 4) is 11.6 Å². The highest BCUT2D eigenvalue weighted by Crippen LogP contribution is 2.31. The zero-order chi connectivity index (χ0) is 21.7. The molecule has 1 saturated carbocycles. The lowest BCUT2D eigenvalue weighted by Gasteiger charge is -2.28. The van der Waals surface area contributed by atoms with Gasteiger partial charge in [-0.25, -0.2) is 4.98 Å². The molecular formula is C20H19F5N2O3. The van der Waals surface area contributed by atoms with Gasteiger partial charge in [0.1, 0.15) is 17.5 Å². The topological polar surface area (TPSA) is 60.5 Å². The van der Waals surface area contributed by atoms with E-state index >= 15 is 0 Å². The van der Waals surface area contributed by atoms with Gasteiger partial charge in [-0.15, -0.1) is 0 Å². The smallest absolute Gasteiger partial charge is 0.433 e. The summed E-state index contributed by atoms with van der Waals surface area (Å²) in [5.41, 5.74) is -0.564. The Morgan fingerprint density at radius 3 is 2.30 bits per heavy atom. The molecular weight excluding hydrogens is 411 g/mol. The SMILES string of the molecule is O=C(Nc1ccc(OC(F)F)cc1)[C@H]1CC[C@@H](Oc2cccc(C(F)(F)F)n2)CC1. The molecule has 1 aliphatic carbocycles. The first-order valence-corrected chi connectivity index (χ1v) is 9.27. The van der Waals surface area contributed by atoms with E-state index in [0.717, 1.165) is 6.07 Å². The second-order valence-corrected chi connectivity index (χ2v) is 6.84. The van der Waals surface area contributed by atoms with Crippen molar-refractivity contribution in [2.24, 2.45) is 5.92 Å². The monoisotopic (exact) mass is 430 g/mol. The number of carbonyl (C=O) groups is 1. The predicted molar refractivity (Wildman–Crippen MR) is 97.3 cm³/mol. The molecule has 1 aromatic carbocycles. The van der Waals surface area contributed by atoms with Gasteiger partial charge in [-0.3, -0.25) is 4.79 Å². The van der Waals surface area contributed by atoms with Gasteiger partial charge in [-0.2, -0.15) is 22.0 Å². The number of nitrogens with one attached hydrogen (secondary N) is 1.